The Bertz CT molecular complexity index is 1300. The molecule has 0 amide bonds. The number of rotatable bonds is 1. The van der Waals surface area contributed by atoms with Gasteiger partial charge in [-0.25, -0.2) is 0 Å². The average molecular weight is 381 g/mol. The number of fused-ring (bicyclic) bond motifs is 6. The number of para-hydroxylation sites is 2. The molecule has 0 bridgehead atoms. The van der Waals surface area contributed by atoms with Gasteiger partial charge in [-0.15, -0.1) is 0 Å². The summed E-state index contributed by atoms with van der Waals surface area (Å²) in [5.41, 5.74) is 8.95. The molecule has 0 saturated carbocycles. The van der Waals surface area contributed by atoms with Crippen LogP contribution in [0.3, 0.4) is 0 Å². The lowest BCUT2D eigenvalue weighted by molar-refractivity contribution is 0.224. The number of nitrogens with one attached hydrogen (secondary N) is 1. The highest BCUT2D eigenvalue weighted by molar-refractivity contribution is 5.90. The van der Waals surface area contributed by atoms with Gasteiger partial charge < -0.3 is 9.55 Å². The van der Waals surface area contributed by atoms with Crippen LogP contribution in [0.5, 0.6) is 0 Å². The summed E-state index contributed by atoms with van der Waals surface area (Å²) < 4.78 is 2.48. The molecule has 146 valence electrons. The van der Waals surface area contributed by atoms with Gasteiger partial charge in [-0.3, -0.25) is 0 Å². The van der Waals surface area contributed by atoms with E-state index in [1.807, 2.05) is 0 Å². The number of hydrogen-bond donors (Lipinski definition) is 1. The van der Waals surface area contributed by atoms with Gasteiger partial charge in [0.05, 0.1) is 0 Å². The van der Waals surface area contributed by atoms with Gasteiger partial charge in [0.25, 0.3) is 0 Å². The largest absolute Gasteiger partial charge is 0.361 e. The maximum absolute atomic E-state index is 3.55. The van der Waals surface area contributed by atoms with E-state index in [1.54, 1.807) is 11.1 Å². The maximum atomic E-state index is 3.55. The molecule has 0 radical (unpaired) electrons. The molecule has 1 N–H and O–H groups in total. The third kappa shape index (κ3) is 2.18. The minimum atomic E-state index is 0.253. The summed E-state index contributed by atoms with van der Waals surface area (Å²) in [4.78, 5) is 3.55. The third-order valence-corrected chi connectivity index (χ3v) is 7.58. The van der Waals surface area contributed by atoms with Crippen molar-refractivity contribution < 1.29 is 0 Å². The van der Waals surface area contributed by atoms with Gasteiger partial charge in [0.1, 0.15) is 0 Å². The summed E-state index contributed by atoms with van der Waals surface area (Å²) >= 11 is 0. The lowest BCUT2D eigenvalue weighted by Crippen LogP contribution is -2.30. The second kappa shape index (κ2) is 5.66. The number of H-pyrrole nitrogens is 1. The van der Waals surface area contributed by atoms with Crippen molar-refractivity contribution >= 4 is 21.8 Å². The third-order valence-electron chi connectivity index (χ3n) is 7.58. The highest BCUT2D eigenvalue weighted by Crippen LogP contribution is 2.63. The van der Waals surface area contributed by atoms with Crippen LogP contribution >= 0.6 is 0 Å². The summed E-state index contributed by atoms with van der Waals surface area (Å²) in [5, 5.41) is 2.81. The normalized spacial score (nSPS) is 25.2. The second-order valence-corrected chi connectivity index (χ2v) is 9.88. The molecule has 2 nitrogen and oxygen atoms in total. The van der Waals surface area contributed by atoms with Crippen LogP contribution in [0.1, 0.15) is 55.8 Å². The molecule has 2 aliphatic carbocycles. The Kier molecular flexibility index (Phi) is 3.35. The molecule has 2 aromatic heterocycles. The Morgan fingerprint density at radius 2 is 1.72 bits per heavy atom. The minimum Gasteiger partial charge on any atom is -0.361 e. The zero-order valence-electron chi connectivity index (χ0n) is 17.7. The zero-order chi connectivity index (χ0) is 19.9. The lowest BCUT2D eigenvalue weighted by Gasteiger charge is -2.41. The van der Waals surface area contributed by atoms with Crippen molar-refractivity contribution in [2.45, 2.75) is 39.0 Å². The predicted octanol–water partition coefficient (Wildman–Crippen LogP) is 6.88. The molecule has 4 aromatic rings. The molecule has 2 aliphatic rings. The van der Waals surface area contributed by atoms with Crippen molar-refractivity contribution in [2.75, 3.05) is 0 Å². The van der Waals surface area contributed by atoms with Crippen LogP contribution in [0.4, 0.5) is 0 Å². The molecule has 2 heteroatoms. The first-order valence-corrected chi connectivity index (χ1v) is 10.8. The Balaban J connectivity index is 1.72. The molecule has 0 saturated heterocycles. The summed E-state index contributed by atoms with van der Waals surface area (Å²) in [5.74, 6) is 1.45. The van der Waals surface area contributed by atoms with Crippen LogP contribution in [0.25, 0.3) is 21.8 Å². The van der Waals surface area contributed by atoms with E-state index < -0.39 is 0 Å². The first-order valence-electron chi connectivity index (χ1n) is 10.8. The van der Waals surface area contributed by atoms with Crippen molar-refractivity contribution in [1.82, 2.24) is 9.55 Å². The highest BCUT2D eigenvalue weighted by Gasteiger charge is 2.52. The Labute approximate surface area is 172 Å². The molecule has 0 unspecified atom stereocenters. The van der Waals surface area contributed by atoms with Crippen LogP contribution in [-0.2, 0) is 7.05 Å². The predicted molar refractivity (Wildman–Crippen MR) is 121 cm³/mol. The smallest absolute Gasteiger partial charge is 0.0483 e. The number of aryl methyl sites for hydroxylation is 1. The fourth-order valence-electron chi connectivity index (χ4n) is 6.74. The van der Waals surface area contributed by atoms with Gasteiger partial charge in [0.15, 0.2) is 0 Å². The molecular weight excluding hydrogens is 352 g/mol. The topological polar surface area (TPSA) is 20.7 Å². The fraction of sp³-hybridized carbons (Fsp3) is 0.333. The molecule has 0 fully saturated rings. The van der Waals surface area contributed by atoms with Gasteiger partial charge in [0.2, 0.25) is 0 Å². The number of aromatic amines is 1. The van der Waals surface area contributed by atoms with Gasteiger partial charge >= 0.3 is 0 Å². The molecule has 0 spiro atoms. The quantitative estimate of drug-likeness (QED) is 0.347. The van der Waals surface area contributed by atoms with Gasteiger partial charge in [0, 0.05) is 46.7 Å². The van der Waals surface area contributed by atoms with Gasteiger partial charge in [-0.05, 0) is 53.9 Å². The number of benzene rings is 2. The highest BCUT2D eigenvalue weighted by atomic mass is 15.0. The van der Waals surface area contributed by atoms with E-state index in [0.717, 1.165) is 0 Å². The van der Waals surface area contributed by atoms with E-state index in [-0.39, 0.29) is 5.41 Å². The monoisotopic (exact) mass is 380 g/mol. The Morgan fingerprint density at radius 3 is 2.55 bits per heavy atom. The van der Waals surface area contributed by atoms with Crippen molar-refractivity contribution in [3.05, 3.63) is 83.2 Å². The van der Waals surface area contributed by atoms with E-state index in [4.69, 9.17) is 0 Å². The van der Waals surface area contributed by atoms with E-state index >= 15 is 0 Å². The Hall–Kier alpha value is -2.74. The van der Waals surface area contributed by atoms with Gasteiger partial charge in [-0.1, -0.05) is 61.9 Å². The summed E-state index contributed by atoms with van der Waals surface area (Å²) in [6, 6.07) is 17.8. The first kappa shape index (κ1) is 17.1. The second-order valence-electron chi connectivity index (χ2n) is 9.88. The van der Waals surface area contributed by atoms with Crippen molar-refractivity contribution in [2.24, 2.45) is 18.4 Å². The summed E-state index contributed by atoms with van der Waals surface area (Å²) in [6.45, 7) is 7.28. The van der Waals surface area contributed by atoms with E-state index in [9.17, 15) is 0 Å². The molecule has 6 rings (SSSR count). The first-order chi connectivity index (χ1) is 14.0. The number of hydrogen-bond acceptors (Lipinski definition) is 0. The minimum absolute atomic E-state index is 0.253. The van der Waals surface area contributed by atoms with E-state index in [0.29, 0.717) is 17.8 Å². The van der Waals surface area contributed by atoms with Crippen LogP contribution in [0, 0.1) is 11.3 Å². The molecule has 2 aromatic carbocycles. The van der Waals surface area contributed by atoms with Crippen molar-refractivity contribution in [3.8, 4) is 0 Å². The lowest BCUT2D eigenvalue weighted by atomic mass is 9.62. The standard InChI is InChI=1S/C27H28N2/c1-16-13-19-23(20-15-28-21-11-7-5-9-17(20)21)26-24(25(19)27(2,3)14-16)18-10-6-8-12-22(18)29(26)4/h5-13,15,19,23,25,28H,14H2,1-4H3/t19-,23+,25-/m1/s1. The van der Waals surface area contributed by atoms with Crippen LogP contribution in [0.15, 0.2) is 66.4 Å². The van der Waals surface area contributed by atoms with Crippen LogP contribution in [0.2, 0.25) is 0 Å². The number of allylic oxidation sites excluding steroid dienone is 2. The Morgan fingerprint density at radius 1 is 1.00 bits per heavy atom. The molecular formula is C27H28N2. The van der Waals surface area contributed by atoms with Crippen LogP contribution in [-0.4, -0.2) is 9.55 Å². The van der Waals surface area contributed by atoms with Gasteiger partial charge in [-0.2, -0.15) is 0 Å². The maximum Gasteiger partial charge on any atom is 0.0483 e. The number of nitrogens with zero attached hydrogens (tertiary/aromatic N) is 1. The van der Waals surface area contributed by atoms with Crippen molar-refractivity contribution in [1.29, 1.82) is 0 Å². The fourth-order valence-corrected chi connectivity index (χ4v) is 6.74. The molecule has 2 heterocycles. The molecule has 29 heavy (non-hydrogen) atoms. The zero-order valence-corrected chi connectivity index (χ0v) is 17.7. The summed E-state index contributed by atoms with van der Waals surface area (Å²) in [7, 11) is 2.27. The number of aromatic nitrogens is 2. The summed E-state index contributed by atoms with van der Waals surface area (Å²) in [6.07, 6.45) is 6.04. The molecule has 0 aliphatic heterocycles. The van der Waals surface area contributed by atoms with Crippen molar-refractivity contribution in [3.63, 3.8) is 0 Å². The van der Waals surface area contributed by atoms with E-state index in [1.165, 1.54) is 39.5 Å². The van der Waals surface area contributed by atoms with Crippen LogP contribution < -0.4 is 0 Å². The SMILES string of the molecule is CC1=C[C@@H]2[C@@H](c3c[nH]c4ccccc34)c3c(c4ccccc4n3C)[C@@H]2C(C)(C)C1. The molecule has 3 atom stereocenters. The average Bonchev–Trinajstić information content (AvgIpc) is 3.33. The van der Waals surface area contributed by atoms with E-state index in [2.05, 4.69) is 98.2 Å².